The minimum Gasteiger partial charge on any atom is -0.486 e. The molecule has 1 aromatic rings. The fourth-order valence-corrected chi connectivity index (χ4v) is 1.76. The number of rotatable bonds is 5. The minimum absolute atomic E-state index is 0.0102. The van der Waals surface area contributed by atoms with Gasteiger partial charge in [-0.2, -0.15) is 0 Å². The Labute approximate surface area is 104 Å². The molecule has 0 atom stereocenters. The number of benzene rings is 1. The van der Waals surface area contributed by atoms with Crippen molar-refractivity contribution in [3.63, 3.8) is 0 Å². The second-order valence-electron chi connectivity index (χ2n) is 4.03. The van der Waals surface area contributed by atoms with Crippen LogP contribution >= 0.6 is 0 Å². The number of carbonyl (C=O) groups excluding carboxylic acids is 1. The molecule has 0 saturated carbocycles. The number of carboxylic acid groups (broad SMARTS) is 1. The number of Topliss-reactive ketones (excluding diaryl/α,β-unsaturated/α-hetero) is 1. The maximum atomic E-state index is 11.8. The van der Waals surface area contributed by atoms with E-state index in [1.807, 2.05) is 0 Å². The standard InChI is InChI=1S/C13H14O5/c14-10(2-1-3-13(15)16)9-4-5-11-12(8-9)18-7-6-17-11/h4-5,8H,1-3,6-7H2,(H,15,16). The molecule has 1 aromatic carbocycles. The predicted octanol–water partition coefficient (Wildman–Crippen LogP) is 1.90. The van der Waals surface area contributed by atoms with E-state index in [9.17, 15) is 9.59 Å². The van der Waals surface area contributed by atoms with Crippen LogP contribution in [0, 0.1) is 0 Å². The summed E-state index contributed by atoms with van der Waals surface area (Å²) in [5, 5.41) is 8.51. The summed E-state index contributed by atoms with van der Waals surface area (Å²) in [5.41, 5.74) is 0.532. The molecule has 5 heteroatoms. The molecule has 1 aliphatic rings. The van der Waals surface area contributed by atoms with Crippen LogP contribution in [0.2, 0.25) is 0 Å². The molecule has 0 amide bonds. The molecule has 0 spiro atoms. The van der Waals surface area contributed by atoms with Crippen molar-refractivity contribution in [2.75, 3.05) is 13.2 Å². The van der Waals surface area contributed by atoms with Crippen LogP contribution in [0.25, 0.3) is 0 Å². The highest BCUT2D eigenvalue weighted by Gasteiger charge is 2.14. The lowest BCUT2D eigenvalue weighted by atomic mass is 10.0. The molecule has 0 bridgehead atoms. The average Bonchev–Trinajstić information content (AvgIpc) is 2.37. The molecular formula is C13H14O5. The Balaban J connectivity index is 2.00. The zero-order valence-electron chi connectivity index (χ0n) is 9.85. The van der Waals surface area contributed by atoms with Crippen molar-refractivity contribution in [2.45, 2.75) is 19.3 Å². The third-order valence-electron chi connectivity index (χ3n) is 2.66. The van der Waals surface area contributed by atoms with Crippen molar-refractivity contribution < 1.29 is 24.2 Å². The quantitative estimate of drug-likeness (QED) is 0.808. The molecule has 1 N–H and O–H groups in total. The van der Waals surface area contributed by atoms with Gasteiger partial charge >= 0.3 is 5.97 Å². The Morgan fingerprint density at radius 2 is 1.83 bits per heavy atom. The van der Waals surface area contributed by atoms with Crippen LogP contribution in [0.5, 0.6) is 11.5 Å². The number of ketones is 1. The summed E-state index contributed by atoms with van der Waals surface area (Å²) in [5.74, 6) is 0.256. The number of carbonyl (C=O) groups is 2. The fourth-order valence-electron chi connectivity index (χ4n) is 1.76. The van der Waals surface area contributed by atoms with Gasteiger partial charge in [-0.25, -0.2) is 0 Å². The third kappa shape index (κ3) is 3.00. The second-order valence-corrected chi connectivity index (χ2v) is 4.03. The van der Waals surface area contributed by atoms with Crippen LogP contribution in [0.1, 0.15) is 29.6 Å². The summed E-state index contributed by atoms with van der Waals surface area (Å²) in [6, 6.07) is 5.03. The molecular weight excluding hydrogens is 236 g/mol. The number of hydrogen-bond donors (Lipinski definition) is 1. The van der Waals surface area contributed by atoms with E-state index in [4.69, 9.17) is 14.6 Å². The van der Waals surface area contributed by atoms with Gasteiger partial charge in [0.2, 0.25) is 0 Å². The zero-order chi connectivity index (χ0) is 13.0. The number of hydrogen-bond acceptors (Lipinski definition) is 4. The van der Waals surface area contributed by atoms with Crippen LogP contribution in [0.4, 0.5) is 0 Å². The molecule has 0 radical (unpaired) electrons. The Morgan fingerprint density at radius 1 is 1.11 bits per heavy atom. The lowest BCUT2D eigenvalue weighted by Gasteiger charge is -2.18. The van der Waals surface area contributed by atoms with Gasteiger partial charge in [0.1, 0.15) is 13.2 Å². The van der Waals surface area contributed by atoms with Gasteiger partial charge in [-0.05, 0) is 24.6 Å². The Morgan fingerprint density at radius 3 is 2.56 bits per heavy atom. The maximum Gasteiger partial charge on any atom is 0.303 e. The van der Waals surface area contributed by atoms with Crippen LogP contribution in [-0.4, -0.2) is 30.1 Å². The van der Waals surface area contributed by atoms with Crippen molar-refractivity contribution in [1.29, 1.82) is 0 Å². The van der Waals surface area contributed by atoms with Crippen LogP contribution < -0.4 is 9.47 Å². The van der Waals surface area contributed by atoms with E-state index in [0.29, 0.717) is 36.7 Å². The summed E-state index contributed by atoms with van der Waals surface area (Å²) < 4.78 is 10.7. The van der Waals surface area contributed by atoms with E-state index in [1.54, 1.807) is 18.2 Å². The Hall–Kier alpha value is -2.04. The van der Waals surface area contributed by atoms with Gasteiger partial charge in [0.15, 0.2) is 17.3 Å². The van der Waals surface area contributed by atoms with Crippen LogP contribution in [0.3, 0.4) is 0 Å². The molecule has 0 fully saturated rings. The summed E-state index contributed by atoms with van der Waals surface area (Å²) in [6.45, 7) is 0.989. The number of carboxylic acids is 1. The third-order valence-corrected chi connectivity index (χ3v) is 2.66. The molecule has 0 unspecified atom stereocenters. The van der Waals surface area contributed by atoms with Gasteiger partial charge in [-0.3, -0.25) is 9.59 Å². The molecule has 0 saturated heterocycles. The first-order valence-electron chi connectivity index (χ1n) is 5.81. The molecule has 96 valence electrons. The first-order valence-corrected chi connectivity index (χ1v) is 5.81. The van der Waals surface area contributed by atoms with Crippen molar-refractivity contribution in [1.82, 2.24) is 0 Å². The molecule has 0 aliphatic carbocycles. The highest BCUT2D eigenvalue weighted by atomic mass is 16.6. The maximum absolute atomic E-state index is 11.8. The fraction of sp³-hybridized carbons (Fsp3) is 0.385. The van der Waals surface area contributed by atoms with E-state index in [2.05, 4.69) is 0 Å². The topological polar surface area (TPSA) is 72.8 Å². The smallest absolute Gasteiger partial charge is 0.303 e. The first-order chi connectivity index (χ1) is 8.66. The number of ether oxygens (including phenoxy) is 2. The van der Waals surface area contributed by atoms with Gasteiger partial charge in [-0.15, -0.1) is 0 Å². The molecule has 0 aromatic heterocycles. The number of fused-ring (bicyclic) bond motifs is 1. The Kier molecular flexibility index (Phi) is 3.82. The van der Waals surface area contributed by atoms with E-state index in [1.165, 1.54) is 0 Å². The van der Waals surface area contributed by atoms with Crippen molar-refractivity contribution in [3.8, 4) is 11.5 Å². The predicted molar refractivity (Wildman–Crippen MR) is 63.2 cm³/mol. The monoisotopic (exact) mass is 250 g/mol. The Bertz CT molecular complexity index is 466. The SMILES string of the molecule is O=C(O)CCCC(=O)c1ccc2c(c1)OCCO2. The van der Waals surface area contributed by atoms with Gasteiger partial charge in [-0.1, -0.05) is 0 Å². The van der Waals surface area contributed by atoms with E-state index < -0.39 is 5.97 Å². The summed E-state index contributed by atoms with van der Waals surface area (Å²) >= 11 is 0. The van der Waals surface area contributed by atoms with E-state index >= 15 is 0 Å². The van der Waals surface area contributed by atoms with Crippen molar-refractivity contribution >= 4 is 11.8 Å². The number of aliphatic carboxylic acids is 1. The lowest BCUT2D eigenvalue weighted by Crippen LogP contribution is -2.15. The molecule has 2 rings (SSSR count). The second kappa shape index (κ2) is 5.53. The summed E-state index contributed by atoms with van der Waals surface area (Å²) in [7, 11) is 0. The van der Waals surface area contributed by atoms with E-state index in [0.717, 1.165) is 0 Å². The van der Waals surface area contributed by atoms with Crippen LogP contribution in [0.15, 0.2) is 18.2 Å². The summed E-state index contributed by atoms with van der Waals surface area (Å²) in [6.07, 6.45) is 0.588. The van der Waals surface area contributed by atoms with Crippen LogP contribution in [-0.2, 0) is 4.79 Å². The normalized spacial score (nSPS) is 13.1. The van der Waals surface area contributed by atoms with Gasteiger partial charge in [0.05, 0.1) is 0 Å². The minimum atomic E-state index is -0.884. The molecule has 5 nitrogen and oxygen atoms in total. The highest BCUT2D eigenvalue weighted by Crippen LogP contribution is 2.31. The van der Waals surface area contributed by atoms with Crippen molar-refractivity contribution in [2.24, 2.45) is 0 Å². The molecule has 1 aliphatic heterocycles. The zero-order valence-corrected chi connectivity index (χ0v) is 9.85. The molecule has 1 heterocycles. The average molecular weight is 250 g/mol. The van der Waals surface area contributed by atoms with Gasteiger partial charge in [0.25, 0.3) is 0 Å². The molecule has 18 heavy (non-hydrogen) atoms. The largest absolute Gasteiger partial charge is 0.486 e. The van der Waals surface area contributed by atoms with Gasteiger partial charge < -0.3 is 14.6 Å². The summed E-state index contributed by atoms with van der Waals surface area (Å²) in [4.78, 5) is 22.2. The highest BCUT2D eigenvalue weighted by molar-refractivity contribution is 5.96. The van der Waals surface area contributed by atoms with Gasteiger partial charge in [0, 0.05) is 18.4 Å². The van der Waals surface area contributed by atoms with E-state index in [-0.39, 0.29) is 18.6 Å². The lowest BCUT2D eigenvalue weighted by molar-refractivity contribution is -0.137. The van der Waals surface area contributed by atoms with Crippen molar-refractivity contribution in [3.05, 3.63) is 23.8 Å². The first kappa shape index (κ1) is 12.4.